The first-order valence-corrected chi connectivity index (χ1v) is 13.6. The summed E-state index contributed by atoms with van der Waals surface area (Å²) in [4.78, 5) is 30.2. The maximum atomic E-state index is 15.2. The van der Waals surface area contributed by atoms with Crippen molar-refractivity contribution in [3.05, 3.63) is 41.4 Å². The highest BCUT2D eigenvalue weighted by molar-refractivity contribution is 6.32. The van der Waals surface area contributed by atoms with Crippen LogP contribution in [0.25, 0.3) is 11.0 Å². The van der Waals surface area contributed by atoms with Gasteiger partial charge in [-0.05, 0) is 64.3 Å². The van der Waals surface area contributed by atoms with Crippen LogP contribution >= 0.6 is 11.6 Å². The molecular formula is C28H32ClFN6O3. The highest BCUT2D eigenvalue weighted by atomic mass is 35.5. The molecule has 3 aromatic rings. The maximum Gasteiger partial charge on any atom is 0.410 e. The third kappa shape index (κ3) is 5.14. The molecule has 1 saturated carbocycles. The van der Waals surface area contributed by atoms with Gasteiger partial charge in [0.05, 0.1) is 29.9 Å². The van der Waals surface area contributed by atoms with Gasteiger partial charge < -0.3 is 24.6 Å². The fraction of sp³-hybridized carbons (Fsp3) is 0.500. The first-order chi connectivity index (χ1) is 18.5. The average Bonchev–Trinajstić information content (AvgIpc) is 3.29. The van der Waals surface area contributed by atoms with E-state index < -0.39 is 11.4 Å². The number of halogens is 2. The minimum Gasteiger partial charge on any atom is -0.491 e. The predicted octanol–water partition coefficient (Wildman–Crippen LogP) is 5.94. The highest BCUT2D eigenvalue weighted by Gasteiger charge is 2.47. The molecule has 9 nitrogen and oxygen atoms in total. The number of ether oxygens (including phenoxy) is 2. The van der Waals surface area contributed by atoms with E-state index in [2.05, 4.69) is 27.1 Å². The van der Waals surface area contributed by atoms with E-state index in [4.69, 9.17) is 26.1 Å². The van der Waals surface area contributed by atoms with Crippen molar-refractivity contribution in [2.24, 2.45) is 5.41 Å². The molecule has 1 N–H and O–H groups in total. The molecule has 1 aromatic carbocycles. The van der Waals surface area contributed by atoms with Gasteiger partial charge in [0.15, 0.2) is 11.6 Å². The summed E-state index contributed by atoms with van der Waals surface area (Å²) in [5.41, 5.74) is 0.932. The summed E-state index contributed by atoms with van der Waals surface area (Å²) in [5.74, 6) is 0.839. The molecule has 3 fully saturated rings. The van der Waals surface area contributed by atoms with Gasteiger partial charge in [0.2, 0.25) is 0 Å². The fourth-order valence-corrected chi connectivity index (χ4v) is 5.37. The van der Waals surface area contributed by atoms with Crippen molar-refractivity contribution < 1.29 is 18.7 Å². The summed E-state index contributed by atoms with van der Waals surface area (Å²) in [5, 5.41) is 2.98. The Kier molecular flexibility index (Phi) is 6.21. The zero-order valence-corrected chi connectivity index (χ0v) is 23.3. The van der Waals surface area contributed by atoms with Gasteiger partial charge >= 0.3 is 6.09 Å². The van der Waals surface area contributed by atoms with Crippen molar-refractivity contribution >= 4 is 46.1 Å². The van der Waals surface area contributed by atoms with Crippen LogP contribution in [0.5, 0.6) is 5.75 Å². The Morgan fingerprint density at radius 3 is 2.67 bits per heavy atom. The lowest BCUT2D eigenvalue weighted by atomic mass is 10.2. The molecule has 0 radical (unpaired) electrons. The van der Waals surface area contributed by atoms with Crippen LogP contribution in [-0.2, 0) is 4.74 Å². The van der Waals surface area contributed by atoms with E-state index in [1.807, 2.05) is 37.8 Å². The Labute approximate surface area is 231 Å². The molecule has 206 valence electrons. The summed E-state index contributed by atoms with van der Waals surface area (Å²) in [6, 6.07) is 7.25. The van der Waals surface area contributed by atoms with Gasteiger partial charge in [-0.3, -0.25) is 0 Å². The molecule has 4 heterocycles. The van der Waals surface area contributed by atoms with Crippen molar-refractivity contribution in [1.82, 2.24) is 19.9 Å². The molecule has 39 heavy (non-hydrogen) atoms. The Morgan fingerprint density at radius 2 is 1.97 bits per heavy atom. The van der Waals surface area contributed by atoms with Gasteiger partial charge in [0.1, 0.15) is 34.0 Å². The second-order valence-electron chi connectivity index (χ2n) is 12.1. The number of carbonyl (C=O) groups is 1. The lowest BCUT2D eigenvalue weighted by Gasteiger charge is -2.35. The minimum atomic E-state index is -0.614. The van der Waals surface area contributed by atoms with Crippen LogP contribution in [0.1, 0.15) is 47.0 Å². The summed E-state index contributed by atoms with van der Waals surface area (Å²) in [6.45, 7) is 9.49. The van der Waals surface area contributed by atoms with Crippen molar-refractivity contribution in [3.8, 4) is 5.75 Å². The van der Waals surface area contributed by atoms with Crippen LogP contribution in [0.2, 0.25) is 5.02 Å². The van der Waals surface area contributed by atoms with Crippen molar-refractivity contribution in [3.63, 3.8) is 0 Å². The molecule has 2 aromatic heterocycles. The summed E-state index contributed by atoms with van der Waals surface area (Å²) in [6.07, 6.45) is 4.19. The zero-order valence-electron chi connectivity index (χ0n) is 22.5. The number of hydrogen-bond donors (Lipinski definition) is 1. The minimum absolute atomic E-state index is 0.0615. The zero-order chi connectivity index (χ0) is 27.5. The van der Waals surface area contributed by atoms with Gasteiger partial charge in [-0.25, -0.2) is 24.1 Å². The average molecular weight is 555 g/mol. The molecule has 3 aliphatic rings. The van der Waals surface area contributed by atoms with Crippen molar-refractivity contribution in [2.75, 3.05) is 29.9 Å². The predicted molar refractivity (Wildman–Crippen MR) is 147 cm³/mol. The van der Waals surface area contributed by atoms with Crippen LogP contribution in [-0.4, -0.2) is 63.3 Å². The molecular weight excluding hydrogens is 523 g/mol. The Balaban J connectivity index is 1.21. The van der Waals surface area contributed by atoms with Crippen LogP contribution in [0.4, 0.5) is 26.5 Å². The number of piperazine rings is 1. The number of amides is 1. The van der Waals surface area contributed by atoms with E-state index >= 15 is 4.39 Å². The SMILES string of the molecule is CC1(COc2ccc(Nc3ncnc4ccc(N5C[C@@H]6C[C@H]5CN6C(=O)OC(C)(C)C)nc34)c(F)c2Cl)CC1. The quantitative estimate of drug-likeness (QED) is 0.400. The number of hydrogen-bond acceptors (Lipinski definition) is 8. The van der Waals surface area contributed by atoms with E-state index in [0.29, 0.717) is 42.3 Å². The third-order valence-corrected chi connectivity index (χ3v) is 7.96. The number of fused-ring (bicyclic) bond motifs is 3. The van der Waals surface area contributed by atoms with E-state index in [-0.39, 0.29) is 34.3 Å². The number of nitrogens with zero attached hydrogens (tertiary/aromatic N) is 5. The standard InChI is InChI=1S/C28H32ClFN6O3/c1-27(2,3)39-26(37)36-13-16-11-17(36)12-35(16)21-8-6-19-24(34-21)25(32-15-31-19)33-18-5-7-20(22(29)23(18)30)38-14-28(4)9-10-28/h5-8,15-17H,9-14H2,1-4H3,(H,31,32,33)/t16-,17-/m0/s1. The number of benzene rings is 1. The molecule has 0 unspecified atom stereocenters. The van der Waals surface area contributed by atoms with Gasteiger partial charge in [0, 0.05) is 18.5 Å². The monoisotopic (exact) mass is 554 g/mol. The van der Waals surface area contributed by atoms with E-state index in [1.165, 1.54) is 6.33 Å². The van der Waals surface area contributed by atoms with Crippen LogP contribution < -0.4 is 15.0 Å². The van der Waals surface area contributed by atoms with Crippen LogP contribution in [0.3, 0.4) is 0 Å². The first kappa shape index (κ1) is 25.9. The molecule has 2 bridgehead atoms. The van der Waals surface area contributed by atoms with Crippen molar-refractivity contribution in [1.29, 1.82) is 0 Å². The summed E-state index contributed by atoms with van der Waals surface area (Å²) < 4.78 is 26.6. The highest BCUT2D eigenvalue weighted by Crippen LogP contribution is 2.46. The van der Waals surface area contributed by atoms with Crippen LogP contribution in [0, 0.1) is 11.2 Å². The molecule has 1 aliphatic carbocycles. The summed E-state index contributed by atoms with van der Waals surface area (Å²) in [7, 11) is 0. The second-order valence-corrected chi connectivity index (χ2v) is 12.4. The molecule has 0 spiro atoms. The topological polar surface area (TPSA) is 92.7 Å². The molecule has 2 atom stereocenters. The molecule has 1 amide bonds. The number of aromatic nitrogens is 3. The van der Waals surface area contributed by atoms with Gasteiger partial charge in [-0.1, -0.05) is 18.5 Å². The largest absolute Gasteiger partial charge is 0.491 e. The van der Waals surface area contributed by atoms with Gasteiger partial charge in [-0.2, -0.15) is 0 Å². The Hall–Kier alpha value is -3.40. The molecule has 11 heteroatoms. The normalized spacial score (nSPS) is 21.4. The van der Waals surface area contributed by atoms with Gasteiger partial charge in [0.25, 0.3) is 0 Å². The Bertz CT molecular complexity index is 1440. The van der Waals surface area contributed by atoms with Crippen LogP contribution in [0.15, 0.2) is 30.6 Å². The third-order valence-electron chi connectivity index (χ3n) is 7.61. The number of carbonyl (C=O) groups excluding carboxylic acids is 1. The lowest BCUT2D eigenvalue weighted by Crippen LogP contribution is -2.50. The van der Waals surface area contributed by atoms with E-state index in [1.54, 1.807) is 12.1 Å². The van der Waals surface area contributed by atoms with E-state index in [0.717, 1.165) is 25.1 Å². The Morgan fingerprint density at radius 1 is 1.18 bits per heavy atom. The van der Waals surface area contributed by atoms with E-state index in [9.17, 15) is 4.79 Å². The fourth-order valence-electron chi connectivity index (χ4n) is 5.15. The summed E-state index contributed by atoms with van der Waals surface area (Å²) >= 11 is 6.32. The maximum absolute atomic E-state index is 15.2. The van der Waals surface area contributed by atoms with Crippen molar-refractivity contribution in [2.45, 2.75) is 64.6 Å². The molecule has 2 saturated heterocycles. The first-order valence-electron chi connectivity index (χ1n) is 13.3. The second kappa shape index (κ2) is 9.36. The van der Waals surface area contributed by atoms with Gasteiger partial charge in [-0.15, -0.1) is 0 Å². The number of anilines is 3. The number of likely N-dealkylation sites (tertiary alicyclic amines) is 1. The molecule has 6 rings (SSSR count). The number of rotatable bonds is 6. The molecule has 2 aliphatic heterocycles. The lowest BCUT2D eigenvalue weighted by molar-refractivity contribution is 0.0214. The number of pyridine rings is 1. The smallest absolute Gasteiger partial charge is 0.410 e. The number of nitrogens with one attached hydrogen (secondary N) is 1.